The van der Waals surface area contributed by atoms with Crippen molar-refractivity contribution in [3.05, 3.63) is 54.6 Å². The number of H-pyrrole nitrogens is 2. The first-order chi connectivity index (χ1) is 13.3. The van der Waals surface area contributed by atoms with Gasteiger partial charge in [-0.2, -0.15) is 23.4 Å². The SMILES string of the molecule is Fc1ccc(-c2n[nH]c3ccc(-c4ncn[nH]4)cc23)cc1.O=C(O)C(F)(F)F. The molecule has 0 unspecified atom stereocenters. The third-order valence-electron chi connectivity index (χ3n) is 3.61. The number of fused-ring (bicyclic) bond motifs is 1. The van der Waals surface area contributed by atoms with E-state index < -0.39 is 12.1 Å². The summed E-state index contributed by atoms with van der Waals surface area (Å²) in [6.45, 7) is 0. The van der Waals surface area contributed by atoms with Crippen molar-refractivity contribution < 1.29 is 27.5 Å². The highest BCUT2D eigenvalue weighted by Gasteiger charge is 2.38. The number of nitrogens with one attached hydrogen (secondary N) is 2. The van der Waals surface area contributed by atoms with E-state index in [0.717, 1.165) is 27.7 Å². The van der Waals surface area contributed by atoms with Crippen LogP contribution in [0.4, 0.5) is 17.6 Å². The van der Waals surface area contributed by atoms with E-state index in [0.29, 0.717) is 5.82 Å². The zero-order chi connectivity index (χ0) is 20.3. The molecule has 0 radical (unpaired) electrons. The van der Waals surface area contributed by atoms with Crippen LogP contribution in [0.1, 0.15) is 0 Å². The number of aromatic amines is 2. The Balaban J connectivity index is 0.000000279. The van der Waals surface area contributed by atoms with E-state index in [1.165, 1.54) is 18.5 Å². The molecule has 2 aromatic carbocycles. The Morgan fingerprint density at radius 3 is 2.21 bits per heavy atom. The number of aliphatic carboxylic acids is 1. The van der Waals surface area contributed by atoms with Gasteiger partial charge in [0.1, 0.15) is 12.1 Å². The van der Waals surface area contributed by atoms with E-state index in [1.807, 2.05) is 18.2 Å². The molecule has 0 bridgehead atoms. The number of hydrogen-bond acceptors (Lipinski definition) is 4. The molecule has 4 aromatic rings. The topological polar surface area (TPSA) is 108 Å². The van der Waals surface area contributed by atoms with Crippen LogP contribution in [0.2, 0.25) is 0 Å². The predicted molar refractivity (Wildman–Crippen MR) is 90.6 cm³/mol. The minimum atomic E-state index is -5.08. The number of carboxylic acids is 1. The summed E-state index contributed by atoms with van der Waals surface area (Å²) in [5.74, 6) is -2.32. The van der Waals surface area contributed by atoms with Crippen molar-refractivity contribution in [1.29, 1.82) is 0 Å². The van der Waals surface area contributed by atoms with Gasteiger partial charge in [-0.25, -0.2) is 14.2 Å². The third kappa shape index (κ3) is 4.14. The lowest BCUT2D eigenvalue weighted by Crippen LogP contribution is -2.21. The molecule has 4 rings (SSSR count). The second-order valence-electron chi connectivity index (χ2n) is 5.48. The van der Waals surface area contributed by atoms with E-state index >= 15 is 0 Å². The van der Waals surface area contributed by atoms with Gasteiger partial charge in [0.25, 0.3) is 0 Å². The maximum Gasteiger partial charge on any atom is 0.490 e. The van der Waals surface area contributed by atoms with Crippen LogP contribution in [0.15, 0.2) is 48.8 Å². The normalized spacial score (nSPS) is 11.1. The molecule has 0 aliphatic carbocycles. The second-order valence-corrected chi connectivity index (χ2v) is 5.48. The number of hydrogen-bond donors (Lipinski definition) is 3. The number of benzene rings is 2. The molecule has 3 N–H and O–H groups in total. The van der Waals surface area contributed by atoms with Crippen molar-refractivity contribution in [2.75, 3.05) is 0 Å². The van der Waals surface area contributed by atoms with Gasteiger partial charge in [-0.15, -0.1) is 0 Å². The van der Waals surface area contributed by atoms with E-state index in [-0.39, 0.29) is 5.82 Å². The molecule has 0 aliphatic heterocycles. The fourth-order valence-electron chi connectivity index (χ4n) is 2.33. The summed E-state index contributed by atoms with van der Waals surface area (Å²) in [5.41, 5.74) is 3.48. The first kappa shape index (κ1) is 19.0. The minimum absolute atomic E-state index is 0.263. The first-order valence-electron chi connectivity index (χ1n) is 7.65. The zero-order valence-electron chi connectivity index (χ0n) is 13.8. The number of nitrogens with zero attached hydrogens (tertiary/aromatic N) is 3. The lowest BCUT2D eigenvalue weighted by Gasteiger charge is -2.00. The summed E-state index contributed by atoms with van der Waals surface area (Å²) in [7, 11) is 0. The summed E-state index contributed by atoms with van der Waals surface area (Å²) in [4.78, 5) is 13.0. The van der Waals surface area contributed by atoms with Crippen LogP contribution in [0.5, 0.6) is 0 Å². The first-order valence-corrected chi connectivity index (χ1v) is 7.65. The molecule has 0 aliphatic rings. The molecule has 144 valence electrons. The molecular formula is C17H11F4N5O2. The molecule has 0 fully saturated rings. The second kappa shape index (κ2) is 7.47. The monoisotopic (exact) mass is 393 g/mol. The zero-order valence-corrected chi connectivity index (χ0v) is 13.8. The number of carbonyl (C=O) groups is 1. The standard InChI is InChI=1S/C15H10FN5.C2HF3O2/c16-11-4-1-9(2-5-11)14-12-7-10(15-17-8-18-21-15)3-6-13(12)19-20-14;3-2(4,5)1(6)7/h1-8H,(H,19,20)(H,17,18,21);(H,6,7). The number of aromatic nitrogens is 5. The summed E-state index contributed by atoms with van der Waals surface area (Å²) in [5, 5.41) is 22.1. The third-order valence-corrected chi connectivity index (χ3v) is 3.61. The average Bonchev–Trinajstić information content (AvgIpc) is 3.31. The van der Waals surface area contributed by atoms with Gasteiger partial charge in [-0.05, 0) is 42.5 Å². The van der Waals surface area contributed by atoms with Gasteiger partial charge in [0, 0.05) is 16.5 Å². The van der Waals surface area contributed by atoms with Crippen LogP contribution in [0, 0.1) is 5.82 Å². The molecule has 2 aromatic heterocycles. The molecule has 0 atom stereocenters. The van der Waals surface area contributed by atoms with Crippen LogP contribution in [0.25, 0.3) is 33.5 Å². The molecule has 7 nitrogen and oxygen atoms in total. The largest absolute Gasteiger partial charge is 0.490 e. The molecular weight excluding hydrogens is 382 g/mol. The fraction of sp³-hybridized carbons (Fsp3) is 0.0588. The number of alkyl halides is 3. The van der Waals surface area contributed by atoms with E-state index in [1.54, 1.807) is 12.1 Å². The molecule has 0 saturated heterocycles. The smallest absolute Gasteiger partial charge is 0.475 e. The average molecular weight is 393 g/mol. The number of halogens is 4. The highest BCUT2D eigenvalue weighted by molar-refractivity contribution is 5.95. The molecule has 28 heavy (non-hydrogen) atoms. The van der Waals surface area contributed by atoms with E-state index in [4.69, 9.17) is 9.90 Å². The van der Waals surface area contributed by atoms with Crippen LogP contribution in [0.3, 0.4) is 0 Å². The van der Waals surface area contributed by atoms with Gasteiger partial charge in [0.2, 0.25) is 0 Å². The summed E-state index contributed by atoms with van der Waals surface area (Å²) in [6.07, 6.45) is -3.62. The highest BCUT2D eigenvalue weighted by atomic mass is 19.4. The number of rotatable bonds is 2. The molecule has 2 heterocycles. The van der Waals surface area contributed by atoms with Crippen molar-refractivity contribution in [3.63, 3.8) is 0 Å². The van der Waals surface area contributed by atoms with Crippen LogP contribution < -0.4 is 0 Å². The fourth-order valence-corrected chi connectivity index (χ4v) is 2.33. The van der Waals surface area contributed by atoms with Crippen LogP contribution >= 0.6 is 0 Å². The minimum Gasteiger partial charge on any atom is -0.475 e. The van der Waals surface area contributed by atoms with Gasteiger partial charge < -0.3 is 5.11 Å². The van der Waals surface area contributed by atoms with Crippen LogP contribution in [-0.2, 0) is 4.79 Å². The van der Waals surface area contributed by atoms with Crippen molar-refractivity contribution in [2.45, 2.75) is 6.18 Å². The van der Waals surface area contributed by atoms with Crippen molar-refractivity contribution in [1.82, 2.24) is 25.4 Å². The maximum atomic E-state index is 13.0. The molecule has 0 saturated carbocycles. The Morgan fingerprint density at radius 1 is 1.00 bits per heavy atom. The summed E-state index contributed by atoms with van der Waals surface area (Å²) >= 11 is 0. The van der Waals surface area contributed by atoms with E-state index in [9.17, 15) is 17.6 Å². The molecule has 0 amide bonds. The Labute approximate surface area is 154 Å². The lowest BCUT2D eigenvalue weighted by atomic mass is 10.1. The Bertz CT molecular complexity index is 1090. The maximum absolute atomic E-state index is 13.0. The number of carboxylic acid groups (broad SMARTS) is 1. The Morgan fingerprint density at radius 2 is 1.64 bits per heavy atom. The van der Waals surface area contributed by atoms with Gasteiger partial charge in [0.15, 0.2) is 5.82 Å². The molecule has 0 spiro atoms. The van der Waals surface area contributed by atoms with E-state index in [2.05, 4.69) is 25.4 Å². The van der Waals surface area contributed by atoms with Gasteiger partial charge >= 0.3 is 12.1 Å². The van der Waals surface area contributed by atoms with Gasteiger partial charge in [-0.3, -0.25) is 10.2 Å². The van der Waals surface area contributed by atoms with Gasteiger partial charge in [-0.1, -0.05) is 0 Å². The van der Waals surface area contributed by atoms with Crippen LogP contribution in [-0.4, -0.2) is 42.6 Å². The Kier molecular flexibility index (Phi) is 5.07. The van der Waals surface area contributed by atoms with Crippen molar-refractivity contribution in [3.8, 4) is 22.6 Å². The quantitative estimate of drug-likeness (QED) is 0.449. The molecule has 11 heteroatoms. The summed E-state index contributed by atoms with van der Waals surface area (Å²) in [6, 6.07) is 12.1. The highest BCUT2D eigenvalue weighted by Crippen LogP contribution is 2.29. The predicted octanol–water partition coefficient (Wildman–Crippen LogP) is 3.79. The lowest BCUT2D eigenvalue weighted by molar-refractivity contribution is -0.192. The summed E-state index contributed by atoms with van der Waals surface area (Å²) < 4.78 is 44.8. The van der Waals surface area contributed by atoms with Crippen molar-refractivity contribution in [2.24, 2.45) is 0 Å². The van der Waals surface area contributed by atoms with Gasteiger partial charge in [0.05, 0.1) is 11.2 Å². The van der Waals surface area contributed by atoms with Crippen molar-refractivity contribution >= 4 is 16.9 Å². The Hall–Kier alpha value is -3.76.